The summed E-state index contributed by atoms with van der Waals surface area (Å²) < 4.78 is 11.7. The minimum Gasteiger partial charge on any atom is -0.497 e. The van der Waals surface area contributed by atoms with Crippen LogP contribution in [0.3, 0.4) is 0 Å². The number of nitrogens with one attached hydrogen (secondary N) is 1. The Morgan fingerprint density at radius 1 is 1.07 bits per heavy atom. The fraction of sp³-hybridized carbons (Fsp3) is 0.480. The van der Waals surface area contributed by atoms with E-state index in [0.29, 0.717) is 23.1 Å². The van der Waals surface area contributed by atoms with Crippen LogP contribution in [-0.4, -0.2) is 49.7 Å². The molecule has 0 atom stereocenters. The highest BCUT2D eigenvalue weighted by atomic mass is 16.5. The number of carbonyl (C=O) groups excluding carboxylic acids is 1. The van der Waals surface area contributed by atoms with Gasteiger partial charge in [-0.25, -0.2) is 0 Å². The number of benzene rings is 2. The van der Waals surface area contributed by atoms with E-state index in [1.807, 2.05) is 18.2 Å². The first-order valence-corrected chi connectivity index (χ1v) is 11.1. The highest BCUT2D eigenvalue weighted by Gasteiger charge is 2.27. The van der Waals surface area contributed by atoms with Gasteiger partial charge in [-0.15, -0.1) is 0 Å². The van der Waals surface area contributed by atoms with E-state index in [0.717, 1.165) is 51.7 Å². The molecule has 1 aliphatic heterocycles. The van der Waals surface area contributed by atoms with Crippen LogP contribution in [0.4, 0.5) is 0 Å². The van der Waals surface area contributed by atoms with Gasteiger partial charge in [0.25, 0.3) is 5.91 Å². The summed E-state index contributed by atoms with van der Waals surface area (Å²) >= 11 is 0. The van der Waals surface area contributed by atoms with Gasteiger partial charge in [0, 0.05) is 25.2 Å². The van der Waals surface area contributed by atoms with Gasteiger partial charge in [0.2, 0.25) is 0 Å². The smallest absolute Gasteiger partial charge is 0.255 e. The van der Waals surface area contributed by atoms with Gasteiger partial charge in [0.15, 0.2) is 0 Å². The van der Waals surface area contributed by atoms with Gasteiger partial charge < -0.3 is 19.7 Å². The highest BCUT2D eigenvalue weighted by Crippen LogP contribution is 2.29. The largest absolute Gasteiger partial charge is 0.497 e. The number of likely N-dealkylation sites (tertiary alicyclic amines) is 1. The molecule has 1 heterocycles. The van der Waals surface area contributed by atoms with Crippen LogP contribution in [0.2, 0.25) is 0 Å². The number of carbonyl (C=O) groups is 1. The van der Waals surface area contributed by atoms with Crippen LogP contribution in [0.1, 0.15) is 48.0 Å². The molecule has 1 saturated heterocycles. The highest BCUT2D eigenvalue weighted by molar-refractivity contribution is 5.97. The van der Waals surface area contributed by atoms with Crippen LogP contribution >= 0.6 is 0 Å². The van der Waals surface area contributed by atoms with Crippen molar-refractivity contribution < 1.29 is 14.3 Å². The summed E-state index contributed by atoms with van der Waals surface area (Å²) in [5.74, 6) is 1.30. The number of rotatable bonds is 9. The second-order valence-corrected chi connectivity index (χ2v) is 8.36. The molecule has 0 radical (unpaired) electrons. The fourth-order valence-corrected chi connectivity index (χ4v) is 3.99. The monoisotopic (exact) mass is 408 g/mol. The molecule has 1 saturated carbocycles. The lowest BCUT2D eigenvalue weighted by atomic mass is 10.1. The SMILES string of the molecule is COc1ccc(C(=O)NC2CC2)c(OC2CCN(CCCc3ccccc3)CC2)c1. The molecule has 1 N–H and O–H groups in total. The molecule has 4 rings (SSSR count). The third kappa shape index (κ3) is 5.76. The zero-order chi connectivity index (χ0) is 20.8. The van der Waals surface area contributed by atoms with E-state index in [-0.39, 0.29) is 12.0 Å². The Bertz CT molecular complexity index is 828. The molecular formula is C25H32N2O3. The van der Waals surface area contributed by atoms with Gasteiger partial charge in [-0.2, -0.15) is 0 Å². The molecular weight excluding hydrogens is 376 g/mol. The number of methoxy groups -OCH3 is 1. The van der Waals surface area contributed by atoms with Gasteiger partial charge in [-0.05, 0) is 62.8 Å². The molecule has 2 aliphatic rings. The molecule has 0 spiro atoms. The zero-order valence-electron chi connectivity index (χ0n) is 17.8. The summed E-state index contributed by atoms with van der Waals surface area (Å²) in [4.78, 5) is 15.1. The van der Waals surface area contributed by atoms with Crippen molar-refractivity contribution >= 4 is 5.91 Å². The maximum absolute atomic E-state index is 12.6. The van der Waals surface area contributed by atoms with Gasteiger partial charge in [0.05, 0.1) is 12.7 Å². The Morgan fingerprint density at radius 2 is 1.83 bits per heavy atom. The summed E-state index contributed by atoms with van der Waals surface area (Å²) in [5.41, 5.74) is 2.01. The minimum absolute atomic E-state index is 0.0477. The Balaban J connectivity index is 1.28. The summed E-state index contributed by atoms with van der Waals surface area (Å²) in [6.07, 6.45) is 6.53. The lowest BCUT2D eigenvalue weighted by Gasteiger charge is -2.32. The van der Waals surface area contributed by atoms with E-state index in [2.05, 4.69) is 40.5 Å². The number of hydrogen-bond acceptors (Lipinski definition) is 4. The molecule has 1 amide bonds. The third-order valence-corrected chi connectivity index (χ3v) is 5.96. The molecule has 0 aromatic heterocycles. The fourth-order valence-electron chi connectivity index (χ4n) is 3.99. The first kappa shape index (κ1) is 20.7. The molecule has 30 heavy (non-hydrogen) atoms. The number of amides is 1. The van der Waals surface area contributed by atoms with Crippen molar-refractivity contribution in [1.82, 2.24) is 10.2 Å². The average Bonchev–Trinajstić information content (AvgIpc) is 3.59. The van der Waals surface area contributed by atoms with Crippen LogP contribution < -0.4 is 14.8 Å². The van der Waals surface area contributed by atoms with E-state index < -0.39 is 0 Å². The number of aryl methyl sites for hydroxylation is 1. The standard InChI is InChI=1S/C25H32N2O3/c1-29-22-11-12-23(25(28)26-20-9-10-20)24(18-22)30-21-13-16-27(17-14-21)15-5-8-19-6-3-2-4-7-19/h2-4,6-7,11-12,18,20-21H,5,8-10,13-17H2,1H3,(H,26,28). The quantitative estimate of drug-likeness (QED) is 0.680. The van der Waals surface area contributed by atoms with Crippen LogP contribution in [0.25, 0.3) is 0 Å². The van der Waals surface area contributed by atoms with Crippen molar-refractivity contribution in [2.75, 3.05) is 26.7 Å². The predicted molar refractivity (Wildman–Crippen MR) is 118 cm³/mol. The van der Waals surface area contributed by atoms with E-state index in [1.54, 1.807) is 7.11 Å². The third-order valence-electron chi connectivity index (χ3n) is 5.96. The van der Waals surface area contributed by atoms with Crippen molar-refractivity contribution in [2.45, 2.75) is 50.7 Å². The molecule has 5 heteroatoms. The number of nitrogens with zero attached hydrogens (tertiary/aromatic N) is 1. The van der Waals surface area contributed by atoms with E-state index >= 15 is 0 Å². The molecule has 1 aliphatic carbocycles. The summed E-state index contributed by atoms with van der Waals surface area (Å²) in [7, 11) is 1.64. The molecule has 2 aromatic rings. The Labute approximate surface area is 179 Å². The number of piperidine rings is 1. The molecule has 2 aromatic carbocycles. The Hall–Kier alpha value is -2.53. The summed E-state index contributed by atoms with van der Waals surface area (Å²) in [5, 5.41) is 3.06. The van der Waals surface area contributed by atoms with Gasteiger partial charge in [0.1, 0.15) is 17.6 Å². The Kier molecular flexibility index (Phi) is 6.90. The van der Waals surface area contributed by atoms with Gasteiger partial charge >= 0.3 is 0 Å². The maximum atomic E-state index is 12.6. The maximum Gasteiger partial charge on any atom is 0.255 e. The average molecular weight is 409 g/mol. The lowest BCUT2D eigenvalue weighted by Crippen LogP contribution is -2.39. The number of ether oxygens (including phenoxy) is 2. The van der Waals surface area contributed by atoms with Crippen molar-refractivity contribution in [1.29, 1.82) is 0 Å². The van der Waals surface area contributed by atoms with E-state index in [1.165, 1.54) is 12.0 Å². The molecule has 0 unspecified atom stereocenters. The normalized spacial score (nSPS) is 17.5. The zero-order valence-corrected chi connectivity index (χ0v) is 17.8. The molecule has 5 nitrogen and oxygen atoms in total. The second-order valence-electron chi connectivity index (χ2n) is 8.36. The molecule has 2 fully saturated rings. The van der Waals surface area contributed by atoms with Gasteiger partial charge in [-0.3, -0.25) is 4.79 Å². The van der Waals surface area contributed by atoms with Crippen LogP contribution in [0, 0.1) is 0 Å². The van der Waals surface area contributed by atoms with Crippen molar-refractivity contribution in [2.24, 2.45) is 0 Å². The lowest BCUT2D eigenvalue weighted by molar-refractivity contribution is 0.0901. The number of hydrogen-bond donors (Lipinski definition) is 1. The van der Waals surface area contributed by atoms with Crippen LogP contribution in [0.5, 0.6) is 11.5 Å². The summed E-state index contributed by atoms with van der Waals surface area (Å²) in [6.45, 7) is 3.19. The van der Waals surface area contributed by atoms with E-state index in [9.17, 15) is 4.79 Å². The second kappa shape index (κ2) is 9.98. The Morgan fingerprint density at radius 3 is 2.53 bits per heavy atom. The molecule has 160 valence electrons. The predicted octanol–water partition coefficient (Wildman–Crippen LogP) is 4.06. The minimum atomic E-state index is -0.0477. The van der Waals surface area contributed by atoms with E-state index in [4.69, 9.17) is 9.47 Å². The first-order valence-electron chi connectivity index (χ1n) is 11.1. The summed E-state index contributed by atoms with van der Waals surface area (Å²) in [6, 6.07) is 16.5. The van der Waals surface area contributed by atoms with Gasteiger partial charge in [-0.1, -0.05) is 30.3 Å². The topological polar surface area (TPSA) is 50.8 Å². The first-order chi connectivity index (χ1) is 14.7. The van der Waals surface area contributed by atoms with Crippen molar-refractivity contribution in [3.63, 3.8) is 0 Å². The molecule has 0 bridgehead atoms. The van der Waals surface area contributed by atoms with Crippen molar-refractivity contribution in [3.8, 4) is 11.5 Å². The van der Waals surface area contributed by atoms with Crippen LogP contribution in [-0.2, 0) is 6.42 Å². The van der Waals surface area contributed by atoms with Crippen LogP contribution in [0.15, 0.2) is 48.5 Å². The van der Waals surface area contributed by atoms with Crippen molar-refractivity contribution in [3.05, 3.63) is 59.7 Å².